The number of pyridine rings is 1. The zero-order chi connectivity index (χ0) is 15.5. The number of rotatable bonds is 5. The summed E-state index contributed by atoms with van der Waals surface area (Å²) in [6.45, 7) is 2.07. The molecule has 0 aromatic carbocycles. The molecule has 0 amide bonds. The molecule has 0 radical (unpaired) electrons. The minimum absolute atomic E-state index is 0.102. The molecule has 1 N–H and O–H groups in total. The molecule has 0 fully saturated rings. The van der Waals surface area contributed by atoms with Gasteiger partial charge in [0.25, 0.3) is 5.56 Å². The molecule has 0 bridgehead atoms. The first-order valence-corrected chi connectivity index (χ1v) is 8.79. The number of nitrogens with zero attached hydrogens (tertiary/aromatic N) is 3. The summed E-state index contributed by atoms with van der Waals surface area (Å²) in [5.41, 5.74) is 2.56. The van der Waals surface area contributed by atoms with Crippen molar-refractivity contribution in [3.63, 3.8) is 0 Å². The van der Waals surface area contributed by atoms with E-state index >= 15 is 0 Å². The Morgan fingerprint density at radius 1 is 1.36 bits per heavy atom. The van der Waals surface area contributed by atoms with Crippen LogP contribution in [-0.4, -0.2) is 19.4 Å². The number of imidazole rings is 1. The minimum Gasteiger partial charge on any atom is -0.301 e. The fraction of sp³-hybridized carbons (Fsp3) is 0.267. The van der Waals surface area contributed by atoms with E-state index < -0.39 is 0 Å². The van der Waals surface area contributed by atoms with Gasteiger partial charge >= 0.3 is 0 Å². The molecule has 114 valence electrons. The summed E-state index contributed by atoms with van der Waals surface area (Å²) in [5.74, 6) is 0.640. The number of hydrogen-bond donors (Lipinski definition) is 1. The summed E-state index contributed by atoms with van der Waals surface area (Å²) in [6.07, 6.45) is 3.75. The van der Waals surface area contributed by atoms with Crippen molar-refractivity contribution in [2.75, 3.05) is 0 Å². The van der Waals surface area contributed by atoms with Gasteiger partial charge in [0.15, 0.2) is 5.16 Å². The highest BCUT2D eigenvalue weighted by Crippen LogP contribution is 2.25. The lowest BCUT2D eigenvalue weighted by Crippen LogP contribution is -2.10. The molecule has 0 aliphatic heterocycles. The van der Waals surface area contributed by atoms with E-state index in [0.29, 0.717) is 10.9 Å². The van der Waals surface area contributed by atoms with Crippen LogP contribution in [0.1, 0.15) is 24.7 Å². The average molecular weight is 379 g/mol. The molecule has 0 spiro atoms. The van der Waals surface area contributed by atoms with Gasteiger partial charge in [-0.25, -0.2) is 9.97 Å². The molecule has 0 atom stereocenters. The first-order valence-electron chi connectivity index (χ1n) is 7.02. The molecule has 3 aromatic heterocycles. The molecular weight excluding hydrogens is 364 g/mol. The van der Waals surface area contributed by atoms with Crippen LogP contribution in [0.3, 0.4) is 0 Å². The Balaban J connectivity index is 1.82. The summed E-state index contributed by atoms with van der Waals surface area (Å²) in [4.78, 5) is 23.5. The van der Waals surface area contributed by atoms with Crippen molar-refractivity contribution in [3.8, 4) is 0 Å². The van der Waals surface area contributed by atoms with Gasteiger partial charge in [0.2, 0.25) is 0 Å². The van der Waals surface area contributed by atoms with E-state index in [1.54, 1.807) is 6.07 Å². The van der Waals surface area contributed by atoms with Crippen LogP contribution in [-0.2, 0) is 12.2 Å². The second-order valence-electron chi connectivity index (χ2n) is 4.86. The monoisotopic (exact) mass is 378 g/mol. The predicted molar refractivity (Wildman–Crippen MR) is 91.3 cm³/mol. The van der Waals surface area contributed by atoms with Gasteiger partial charge in [0, 0.05) is 23.7 Å². The van der Waals surface area contributed by atoms with E-state index in [4.69, 9.17) is 0 Å². The van der Waals surface area contributed by atoms with Crippen molar-refractivity contribution in [1.29, 1.82) is 0 Å². The van der Waals surface area contributed by atoms with Crippen LogP contribution in [0.15, 0.2) is 45.0 Å². The quantitative estimate of drug-likeness (QED) is 0.545. The van der Waals surface area contributed by atoms with Crippen LogP contribution in [0.5, 0.6) is 0 Å². The maximum absolute atomic E-state index is 11.7. The van der Waals surface area contributed by atoms with Gasteiger partial charge in [-0.15, -0.1) is 0 Å². The lowest BCUT2D eigenvalue weighted by atomic mass is 10.2. The third kappa shape index (κ3) is 3.25. The van der Waals surface area contributed by atoms with Gasteiger partial charge in [-0.05, 0) is 34.5 Å². The van der Waals surface area contributed by atoms with Gasteiger partial charge in [0.05, 0.1) is 5.69 Å². The Bertz CT molecular complexity index is 858. The number of hydrogen-bond acceptors (Lipinski definition) is 4. The van der Waals surface area contributed by atoms with Crippen LogP contribution in [0.2, 0.25) is 0 Å². The Hall–Kier alpha value is -1.60. The van der Waals surface area contributed by atoms with Crippen LogP contribution in [0.25, 0.3) is 5.65 Å². The molecule has 7 heteroatoms. The number of halogens is 1. The number of thioether (sulfide) groups is 1. The van der Waals surface area contributed by atoms with Crippen molar-refractivity contribution in [2.45, 2.75) is 30.7 Å². The third-order valence-electron chi connectivity index (χ3n) is 3.16. The van der Waals surface area contributed by atoms with Crippen LogP contribution < -0.4 is 5.56 Å². The highest BCUT2D eigenvalue weighted by molar-refractivity contribution is 9.10. The smallest absolute Gasteiger partial charge is 0.251 e. The van der Waals surface area contributed by atoms with Gasteiger partial charge < -0.3 is 4.98 Å². The van der Waals surface area contributed by atoms with E-state index in [2.05, 4.69) is 37.8 Å². The van der Waals surface area contributed by atoms with E-state index in [1.165, 1.54) is 11.8 Å². The largest absolute Gasteiger partial charge is 0.301 e. The molecule has 5 nitrogen and oxygen atoms in total. The fourth-order valence-electron chi connectivity index (χ4n) is 2.18. The second kappa shape index (κ2) is 6.66. The maximum atomic E-state index is 11.7. The topological polar surface area (TPSA) is 63.0 Å². The van der Waals surface area contributed by atoms with Gasteiger partial charge in [-0.1, -0.05) is 31.2 Å². The van der Waals surface area contributed by atoms with Crippen LogP contribution in [0.4, 0.5) is 0 Å². The summed E-state index contributed by atoms with van der Waals surface area (Å²) >= 11 is 5.06. The Kier molecular flexibility index (Phi) is 4.63. The van der Waals surface area contributed by atoms with Gasteiger partial charge in [-0.2, -0.15) is 0 Å². The molecule has 22 heavy (non-hydrogen) atoms. The van der Waals surface area contributed by atoms with Crippen molar-refractivity contribution in [3.05, 3.63) is 56.8 Å². The Labute approximate surface area is 140 Å². The lowest BCUT2D eigenvalue weighted by molar-refractivity contribution is 0.815. The zero-order valence-corrected chi connectivity index (χ0v) is 14.4. The Morgan fingerprint density at radius 3 is 3.00 bits per heavy atom. The lowest BCUT2D eigenvalue weighted by Gasteiger charge is -2.02. The molecule has 3 heterocycles. The van der Waals surface area contributed by atoms with E-state index in [0.717, 1.165) is 34.5 Å². The van der Waals surface area contributed by atoms with Crippen LogP contribution in [0, 0.1) is 0 Å². The molecule has 3 aromatic rings. The standard InChI is InChI=1S/C15H15BrN4OS/c1-2-5-10-8-13(21)19-15(17-10)22-9-11-14(16)20-7-4-3-6-12(20)18-11/h3-4,6-8H,2,5,9H2,1H3,(H,17,19,21). The fourth-order valence-corrected chi connectivity index (χ4v) is 3.72. The summed E-state index contributed by atoms with van der Waals surface area (Å²) in [5, 5.41) is 0.639. The third-order valence-corrected chi connectivity index (χ3v) is 4.89. The highest BCUT2D eigenvalue weighted by atomic mass is 79.9. The molecule has 0 saturated carbocycles. The van der Waals surface area contributed by atoms with E-state index in [1.807, 2.05) is 28.8 Å². The first kappa shape index (κ1) is 15.3. The van der Waals surface area contributed by atoms with Crippen molar-refractivity contribution < 1.29 is 0 Å². The molecule has 3 rings (SSSR count). The van der Waals surface area contributed by atoms with E-state index in [9.17, 15) is 4.79 Å². The number of aromatic amines is 1. The zero-order valence-electron chi connectivity index (χ0n) is 12.0. The molecule has 0 saturated heterocycles. The van der Waals surface area contributed by atoms with Gasteiger partial charge in [0.1, 0.15) is 10.3 Å². The minimum atomic E-state index is -0.102. The van der Waals surface area contributed by atoms with Gasteiger partial charge in [-0.3, -0.25) is 9.20 Å². The summed E-state index contributed by atoms with van der Waals surface area (Å²) < 4.78 is 2.92. The number of nitrogens with one attached hydrogen (secondary N) is 1. The number of H-pyrrole nitrogens is 1. The average Bonchev–Trinajstić information content (AvgIpc) is 2.82. The number of aryl methyl sites for hydroxylation is 1. The number of aromatic nitrogens is 4. The van der Waals surface area contributed by atoms with E-state index in [-0.39, 0.29) is 5.56 Å². The Morgan fingerprint density at radius 2 is 2.23 bits per heavy atom. The van der Waals surface area contributed by atoms with Crippen molar-refractivity contribution >= 4 is 33.3 Å². The molecule has 0 unspecified atom stereocenters. The van der Waals surface area contributed by atoms with Crippen molar-refractivity contribution in [1.82, 2.24) is 19.4 Å². The molecule has 0 aliphatic rings. The van der Waals surface area contributed by atoms with Crippen LogP contribution >= 0.6 is 27.7 Å². The highest BCUT2D eigenvalue weighted by Gasteiger charge is 2.10. The van der Waals surface area contributed by atoms with Crippen molar-refractivity contribution in [2.24, 2.45) is 0 Å². The SMILES string of the molecule is CCCc1cc(=O)[nH]c(SCc2nc3ccccn3c2Br)n1. The molecular formula is C15H15BrN4OS. The molecule has 0 aliphatic carbocycles. The first-order chi connectivity index (χ1) is 10.7. The maximum Gasteiger partial charge on any atom is 0.251 e. The summed E-state index contributed by atoms with van der Waals surface area (Å²) in [6, 6.07) is 7.44. The second-order valence-corrected chi connectivity index (χ2v) is 6.57. The number of fused-ring (bicyclic) bond motifs is 1. The predicted octanol–water partition coefficient (Wildman–Crippen LogP) is 3.42. The normalized spacial score (nSPS) is 11.2. The summed E-state index contributed by atoms with van der Waals surface area (Å²) in [7, 11) is 0.